The van der Waals surface area contributed by atoms with E-state index in [4.69, 9.17) is 5.73 Å². The first-order valence-corrected chi connectivity index (χ1v) is 11.1. The van der Waals surface area contributed by atoms with Crippen molar-refractivity contribution in [3.63, 3.8) is 0 Å². The average molecular weight is 430 g/mol. The van der Waals surface area contributed by atoms with Gasteiger partial charge in [-0.15, -0.1) is 0 Å². The van der Waals surface area contributed by atoms with Gasteiger partial charge in [-0.1, -0.05) is 18.2 Å². The minimum absolute atomic E-state index is 0.103. The molecule has 7 nitrogen and oxygen atoms in total. The number of aromatic nitrogens is 2. The molecule has 0 bridgehead atoms. The Bertz CT molecular complexity index is 1230. The molecule has 1 saturated carbocycles. The number of rotatable bonds is 5. The first-order chi connectivity index (χ1) is 15.4. The minimum atomic E-state index is -0.157. The SMILES string of the molecule is Cc1ccc(C(=O)NC2CC2)cc1-n1ncc(C(=O)c2ccc3c(c2)N(C)CCC3)c1N. The molecule has 0 unspecified atom stereocenters. The minimum Gasteiger partial charge on any atom is -0.383 e. The number of amides is 1. The molecule has 1 aromatic heterocycles. The largest absolute Gasteiger partial charge is 0.383 e. The molecule has 2 aromatic carbocycles. The normalized spacial score (nSPS) is 15.4. The number of hydrogen-bond donors (Lipinski definition) is 2. The molecule has 2 heterocycles. The van der Waals surface area contributed by atoms with E-state index in [-0.39, 0.29) is 23.6 Å². The lowest BCUT2D eigenvalue weighted by Crippen LogP contribution is -2.25. The van der Waals surface area contributed by atoms with Crippen molar-refractivity contribution in [3.8, 4) is 5.69 Å². The molecule has 0 spiro atoms. The van der Waals surface area contributed by atoms with Crippen LogP contribution in [0.5, 0.6) is 0 Å². The Hall–Kier alpha value is -3.61. The number of fused-ring (bicyclic) bond motifs is 1. The molecule has 3 N–H and O–H groups in total. The smallest absolute Gasteiger partial charge is 0.251 e. The third kappa shape index (κ3) is 3.64. The number of nitrogens with one attached hydrogen (secondary N) is 1. The van der Waals surface area contributed by atoms with E-state index < -0.39 is 0 Å². The summed E-state index contributed by atoms with van der Waals surface area (Å²) < 4.78 is 1.54. The molecular weight excluding hydrogens is 402 g/mol. The lowest BCUT2D eigenvalue weighted by molar-refractivity contribution is 0.0950. The Morgan fingerprint density at radius 2 is 1.84 bits per heavy atom. The molecule has 164 valence electrons. The van der Waals surface area contributed by atoms with Crippen LogP contribution in [0.4, 0.5) is 11.5 Å². The van der Waals surface area contributed by atoms with Crippen LogP contribution in [0.1, 0.15) is 56.7 Å². The van der Waals surface area contributed by atoms with Crippen LogP contribution in [0.2, 0.25) is 0 Å². The number of aryl methyl sites for hydroxylation is 2. The Balaban J connectivity index is 1.47. The molecule has 32 heavy (non-hydrogen) atoms. The van der Waals surface area contributed by atoms with E-state index in [9.17, 15) is 9.59 Å². The van der Waals surface area contributed by atoms with Gasteiger partial charge >= 0.3 is 0 Å². The van der Waals surface area contributed by atoms with Crippen molar-refractivity contribution in [2.24, 2.45) is 0 Å². The van der Waals surface area contributed by atoms with Crippen LogP contribution in [-0.4, -0.2) is 41.1 Å². The predicted molar refractivity (Wildman–Crippen MR) is 125 cm³/mol. The van der Waals surface area contributed by atoms with Crippen molar-refractivity contribution in [2.75, 3.05) is 24.2 Å². The first-order valence-electron chi connectivity index (χ1n) is 11.1. The summed E-state index contributed by atoms with van der Waals surface area (Å²) >= 11 is 0. The molecule has 1 aliphatic carbocycles. The summed E-state index contributed by atoms with van der Waals surface area (Å²) in [6.07, 6.45) is 5.71. The number of ketones is 1. The van der Waals surface area contributed by atoms with Gasteiger partial charge in [-0.2, -0.15) is 5.10 Å². The summed E-state index contributed by atoms with van der Waals surface area (Å²) in [4.78, 5) is 27.9. The molecule has 1 aliphatic heterocycles. The number of nitrogens with two attached hydrogens (primary N) is 1. The Labute approximate surface area is 187 Å². The molecule has 2 aliphatic rings. The maximum atomic E-state index is 13.3. The van der Waals surface area contributed by atoms with E-state index in [2.05, 4.69) is 15.3 Å². The highest BCUT2D eigenvalue weighted by atomic mass is 16.1. The molecule has 0 radical (unpaired) electrons. The van der Waals surface area contributed by atoms with Crippen molar-refractivity contribution in [1.29, 1.82) is 0 Å². The number of hydrogen-bond acceptors (Lipinski definition) is 5. The van der Waals surface area contributed by atoms with E-state index in [0.29, 0.717) is 22.4 Å². The standard InChI is InChI=1S/C25H27N5O2/c1-15-5-6-18(25(32)28-19-9-10-19)13-21(15)30-24(26)20(14-27-30)23(31)17-8-7-16-4-3-11-29(2)22(16)12-17/h5-8,12-14,19H,3-4,9-11,26H2,1-2H3,(H,28,32). The van der Waals surface area contributed by atoms with Crippen molar-refractivity contribution < 1.29 is 9.59 Å². The summed E-state index contributed by atoms with van der Waals surface area (Å²) in [6.45, 7) is 2.91. The highest BCUT2D eigenvalue weighted by Gasteiger charge is 2.25. The summed E-state index contributed by atoms with van der Waals surface area (Å²) in [5.74, 6) is 0.00805. The molecule has 1 amide bonds. The molecule has 1 fully saturated rings. The average Bonchev–Trinajstić information content (AvgIpc) is 3.53. The summed E-state index contributed by atoms with van der Waals surface area (Å²) in [7, 11) is 2.05. The van der Waals surface area contributed by atoms with E-state index in [1.54, 1.807) is 16.8 Å². The van der Waals surface area contributed by atoms with Crippen LogP contribution in [0.3, 0.4) is 0 Å². The zero-order valence-corrected chi connectivity index (χ0v) is 18.4. The van der Waals surface area contributed by atoms with Crippen LogP contribution >= 0.6 is 0 Å². The summed E-state index contributed by atoms with van der Waals surface area (Å²) in [5, 5.41) is 7.40. The monoisotopic (exact) mass is 429 g/mol. The van der Waals surface area contributed by atoms with E-state index in [1.807, 2.05) is 38.2 Å². The number of nitrogen functional groups attached to an aromatic ring is 1. The topological polar surface area (TPSA) is 93.2 Å². The quantitative estimate of drug-likeness (QED) is 0.607. The second kappa shape index (κ2) is 7.82. The van der Waals surface area contributed by atoms with E-state index in [1.165, 1.54) is 11.8 Å². The highest BCUT2D eigenvalue weighted by molar-refractivity contribution is 6.12. The number of carbonyl (C=O) groups is 2. The summed E-state index contributed by atoms with van der Waals surface area (Å²) in [6, 6.07) is 11.6. The van der Waals surface area contributed by atoms with Gasteiger partial charge < -0.3 is 16.0 Å². The second-order valence-corrected chi connectivity index (χ2v) is 8.80. The Morgan fingerprint density at radius 1 is 1.09 bits per heavy atom. The molecule has 7 heteroatoms. The lowest BCUT2D eigenvalue weighted by atomic mass is 9.97. The maximum absolute atomic E-state index is 13.3. The maximum Gasteiger partial charge on any atom is 0.251 e. The second-order valence-electron chi connectivity index (χ2n) is 8.80. The number of benzene rings is 2. The van der Waals surface area contributed by atoms with Gasteiger partial charge in [0, 0.05) is 36.4 Å². The van der Waals surface area contributed by atoms with Gasteiger partial charge in [0.15, 0.2) is 5.78 Å². The third-order valence-corrected chi connectivity index (χ3v) is 6.36. The zero-order chi connectivity index (χ0) is 22.4. The van der Waals surface area contributed by atoms with Crippen LogP contribution in [0.15, 0.2) is 42.6 Å². The van der Waals surface area contributed by atoms with Gasteiger partial charge in [0.2, 0.25) is 0 Å². The van der Waals surface area contributed by atoms with Crippen molar-refractivity contribution in [1.82, 2.24) is 15.1 Å². The first kappa shape index (κ1) is 20.3. The van der Waals surface area contributed by atoms with Gasteiger partial charge in [-0.05, 0) is 61.9 Å². The third-order valence-electron chi connectivity index (χ3n) is 6.36. The van der Waals surface area contributed by atoms with Gasteiger partial charge in [0.25, 0.3) is 5.91 Å². The molecule has 0 atom stereocenters. The molecule has 0 saturated heterocycles. The fourth-order valence-electron chi connectivity index (χ4n) is 4.25. The van der Waals surface area contributed by atoms with E-state index >= 15 is 0 Å². The van der Waals surface area contributed by atoms with Crippen molar-refractivity contribution in [3.05, 3.63) is 70.4 Å². The van der Waals surface area contributed by atoms with Crippen LogP contribution < -0.4 is 16.0 Å². The molecule has 3 aromatic rings. The van der Waals surface area contributed by atoms with E-state index in [0.717, 1.165) is 43.5 Å². The van der Waals surface area contributed by atoms with Crippen molar-refractivity contribution >= 4 is 23.2 Å². The zero-order valence-electron chi connectivity index (χ0n) is 18.4. The van der Waals surface area contributed by atoms with Gasteiger partial charge in [-0.25, -0.2) is 4.68 Å². The fourth-order valence-corrected chi connectivity index (χ4v) is 4.25. The van der Waals surface area contributed by atoms with Crippen LogP contribution in [0, 0.1) is 6.92 Å². The van der Waals surface area contributed by atoms with Crippen LogP contribution in [0.25, 0.3) is 5.69 Å². The Morgan fingerprint density at radius 3 is 2.62 bits per heavy atom. The van der Waals surface area contributed by atoms with Crippen molar-refractivity contribution in [2.45, 2.75) is 38.6 Å². The fraction of sp³-hybridized carbons (Fsp3) is 0.320. The van der Waals surface area contributed by atoms with Crippen LogP contribution in [-0.2, 0) is 6.42 Å². The lowest BCUT2D eigenvalue weighted by Gasteiger charge is -2.27. The highest BCUT2D eigenvalue weighted by Crippen LogP contribution is 2.29. The Kier molecular flexibility index (Phi) is 4.96. The van der Waals surface area contributed by atoms with Gasteiger partial charge in [0.1, 0.15) is 5.82 Å². The molecular formula is C25H27N5O2. The predicted octanol–water partition coefficient (Wildman–Crippen LogP) is 3.27. The number of nitrogens with zero attached hydrogens (tertiary/aromatic N) is 3. The van der Waals surface area contributed by atoms with Gasteiger partial charge in [0.05, 0.1) is 17.4 Å². The number of carbonyl (C=O) groups excluding carboxylic acids is 2. The number of anilines is 2. The van der Waals surface area contributed by atoms with Gasteiger partial charge in [-0.3, -0.25) is 9.59 Å². The summed E-state index contributed by atoms with van der Waals surface area (Å²) in [5.41, 5.74) is 11.9. The molecule has 5 rings (SSSR count).